The van der Waals surface area contributed by atoms with Gasteiger partial charge in [-0.2, -0.15) is 0 Å². The second-order valence-electron chi connectivity index (χ2n) is 5.87. The van der Waals surface area contributed by atoms with Crippen LogP contribution in [0.25, 0.3) is 0 Å². The number of carboxylic acid groups (broad SMARTS) is 1. The Labute approximate surface area is 120 Å². The van der Waals surface area contributed by atoms with Crippen LogP contribution in [0.2, 0.25) is 0 Å². The van der Waals surface area contributed by atoms with E-state index in [1.54, 1.807) is 0 Å². The van der Waals surface area contributed by atoms with Crippen LogP contribution in [0, 0.1) is 25.7 Å². The van der Waals surface area contributed by atoms with Crippen molar-refractivity contribution in [2.24, 2.45) is 11.8 Å². The highest BCUT2D eigenvalue weighted by Crippen LogP contribution is 2.28. The minimum absolute atomic E-state index is 0.196. The number of hydrogen-bond acceptors (Lipinski definition) is 4. The first-order valence-electron chi connectivity index (χ1n) is 7.24. The molecule has 1 aliphatic rings. The van der Waals surface area contributed by atoms with Gasteiger partial charge < -0.3 is 10.0 Å². The van der Waals surface area contributed by atoms with Crippen LogP contribution in [-0.4, -0.2) is 34.1 Å². The van der Waals surface area contributed by atoms with Crippen LogP contribution in [0.3, 0.4) is 0 Å². The largest absolute Gasteiger partial charge is 0.481 e. The van der Waals surface area contributed by atoms with Crippen LogP contribution >= 0.6 is 0 Å². The molecular formula is C15H23N3O2. The molecule has 1 aliphatic heterocycles. The average molecular weight is 277 g/mol. The smallest absolute Gasteiger partial charge is 0.303 e. The zero-order valence-electron chi connectivity index (χ0n) is 12.5. The number of nitrogens with zero attached hydrogens (tertiary/aromatic N) is 3. The van der Waals surface area contributed by atoms with Gasteiger partial charge in [-0.05, 0) is 44.6 Å². The maximum Gasteiger partial charge on any atom is 0.303 e. The predicted octanol–water partition coefficient (Wildman–Crippen LogP) is 2.42. The molecule has 2 heterocycles. The molecular weight excluding hydrogens is 254 g/mol. The molecule has 20 heavy (non-hydrogen) atoms. The van der Waals surface area contributed by atoms with E-state index in [1.807, 2.05) is 26.8 Å². The fourth-order valence-corrected chi connectivity index (χ4v) is 2.95. The van der Waals surface area contributed by atoms with Gasteiger partial charge in [0.25, 0.3) is 0 Å². The Kier molecular flexibility index (Phi) is 4.57. The van der Waals surface area contributed by atoms with E-state index in [0.29, 0.717) is 5.92 Å². The number of aliphatic carboxylic acids is 1. The molecule has 110 valence electrons. The highest BCUT2D eigenvalue weighted by Gasteiger charge is 2.27. The second-order valence-corrected chi connectivity index (χ2v) is 5.87. The van der Waals surface area contributed by atoms with Gasteiger partial charge in [0.15, 0.2) is 0 Å². The number of aryl methyl sites for hydroxylation is 2. The van der Waals surface area contributed by atoms with Crippen molar-refractivity contribution < 1.29 is 9.90 Å². The van der Waals surface area contributed by atoms with Crippen molar-refractivity contribution in [1.82, 2.24) is 9.97 Å². The van der Waals surface area contributed by atoms with Gasteiger partial charge in [0, 0.05) is 30.9 Å². The topological polar surface area (TPSA) is 66.3 Å². The van der Waals surface area contributed by atoms with Crippen molar-refractivity contribution in [2.75, 3.05) is 18.0 Å². The Morgan fingerprint density at radius 1 is 1.45 bits per heavy atom. The second kappa shape index (κ2) is 6.20. The van der Waals surface area contributed by atoms with E-state index in [4.69, 9.17) is 5.11 Å². The molecule has 0 aliphatic carbocycles. The molecule has 0 aromatic carbocycles. The predicted molar refractivity (Wildman–Crippen MR) is 77.9 cm³/mol. The van der Waals surface area contributed by atoms with Gasteiger partial charge in [-0.25, -0.2) is 9.97 Å². The van der Waals surface area contributed by atoms with Crippen molar-refractivity contribution >= 4 is 11.9 Å². The van der Waals surface area contributed by atoms with Crippen LogP contribution in [-0.2, 0) is 4.79 Å². The molecule has 1 aromatic heterocycles. The third-order valence-corrected chi connectivity index (χ3v) is 4.01. The quantitative estimate of drug-likeness (QED) is 0.915. The van der Waals surface area contributed by atoms with Gasteiger partial charge in [-0.3, -0.25) is 4.79 Å². The molecule has 1 N–H and O–H groups in total. The zero-order valence-corrected chi connectivity index (χ0v) is 12.5. The number of carboxylic acids is 1. The van der Waals surface area contributed by atoms with Crippen LogP contribution < -0.4 is 4.90 Å². The van der Waals surface area contributed by atoms with E-state index in [2.05, 4.69) is 14.9 Å². The molecule has 2 rings (SSSR count). The van der Waals surface area contributed by atoms with Gasteiger partial charge in [0.1, 0.15) is 0 Å². The highest BCUT2D eigenvalue weighted by atomic mass is 16.4. The maximum absolute atomic E-state index is 10.9. The molecule has 5 heteroatoms. The normalized spacial score (nSPS) is 20.8. The third-order valence-electron chi connectivity index (χ3n) is 4.01. The van der Waals surface area contributed by atoms with Gasteiger partial charge in [-0.1, -0.05) is 6.92 Å². The number of piperidine rings is 1. The number of hydrogen-bond donors (Lipinski definition) is 1. The first kappa shape index (κ1) is 14.8. The molecule has 0 amide bonds. The number of carbonyl (C=O) groups is 1. The summed E-state index contributed by atoms with van der Waals surface area (Å²) in [5.41, 5.74) is 1.96. The van der Waals surface area contributed by atoms with Crippen molar-refractivity contribution in [2.45, 2.75) is 40.0 Å². The number of anilines is 1. The average Bonchev–Trinajstić information content (AvgIpc) is 2.37. The summed E-state index contributed by atoms with van der Waals surface area (Å²) in [6, 6.07) is 1.97. The fourth-order valence-electron chi connectivity index (χ4n) is 2.95. The number of aromatic nitrogens is 2. The Bertz CT molecular complexity index is 470. The highest BCUT2D eigenvalue weighted by molar-refractivity contribution is 5.67. The number of rotatable bonds is 4. The summed E-state index contributed by atoms with van der Waals surface area (Å²) in [5.74, 6) is 0.678. The van der Waals surface area contributed by atoms with Crippen LogP contribution in [0.5, 0.6) is 0 Å². The molecule has 0 spiro atoms. The fraction of sp³-hybridized carbons (Fsp3) is 0.667. The summed E-state index contributed by atoms with van der Waals surface area (Å²) >= 11 is 0. The summed E-state index contributed by atoms with van der Waals surface area (Å²) in [6.45, 7) is 7.81. The summed E-state index contributed by atoms with van der Waals surface area (Å²) in [4.78, 5) is 22.1. The summed E-state index contributed by atoms with van der Waals surface area (Å²) in [5, 5.41) is 8.93. The first-order valence-corrected chi connectivity index (χ1v) is 7.24. The van der Waals surface area contributed by atoms with E-state index in [1.165, 1.54) is 0 Å². The van der Waals surface area contributed by atoms with Crippen molar-refractivity contribution in [3.05, 3.63) is 17.5 Å². The van der Waals surface area contributed by atoms with E-state index in [-0.39, 0.29) is 12.3 Å². The zero-order chi connectivity index (χ0) is 14.7. The molecule has 5 nitrogen and oxygen atoms in total. The Balaban J connectivity index is 2.08. The molecule has 2 unspecified atom stereocenters. The lowest BCUT2D eigenvalue weighted by atomic mass is 9.85. The lowest BCUT2D eigenvalue weighted by Crippen LogP contribution is -2.39. The molecule has 1 saturated heterocycles. The first-order chi connectivity index (χ1) is 9.45. The minimum atomic E-state index is -0.711. The van der Waals surface area contributed by atoms with Crippen LogP contribution in [0.1, 0.15) is 37.6 Å². The molecule has 2 atom stereocenters. The van der Waals surface area contributed by atoms with Crippen molar-refractivity contribution in [3.63, 3.8) is 0 Å². The summed E-state index contributed by atoms with van der Waals surface area (Å²) in [6.07, 6.45) is 2.41. The molecule has 1 aromatic rings. The van der Waals surface area contributed by atoms with Crippen LogP contribution in [0.4, 0.5) is 5.95 Å². The van der Waals surface area contributed by atoms with E-state index < -0.39 is 5.97 Å². The molecule has 0 radical (unpaired) electrons. The third kappa shape index (κ3) is 3.68. The molecule has 0 bridgehead atoms. The van der Waals surface area contributed by atoms with Gasteiger partial charge in [-0.15, -0.1) is 0 Å². The summed E-state index contributed by atoms with van der Waals surface area (Å²) < 4.78 is 0. The minimum Gasteiger partial charge on any atom is -0.481 e. The van der Waals surface area contributed by atoms with E-state index in [9.17, 15) is 4.79 Å². The van der Waals surface area contributed by atoms with E-state index >= 15 is 0 Å². The monoisotopic (exact) mass is 277 g/mol. The van der Waals surface area contributed by atoms with Gasteiger partial charge in [0.05, 0.1) is 0 Å². The SMILES string of the molecule is Cc1cc(C)nc(N2CCCC(C(C)CC(=O)O)C2)n1. The Morgan fingerprint density at radius 3 is 2.70 bits per heavy atom. The molecule has 0 saturated carbocycles. The standard InChI is InChI=1S/C15H23N3O2/c1-10(7-14(19)20)13-5-4-6-18(9-13)15-16-11(2)8-12(3)17-15/h8,10,13H,4-7,9H2,1-3H3,(H,19,20). The Morgan fingerprint density at radius 2 is 2.10 bits per heavy atom. The lowest BCUT2D eigenvalue weighted by molar-refractivity contribution is -0.138. The Hall–Kier alpha value is -1.65. The summed E-state index contributed by atoms with van der Waals surface area (Å²) in [7, 11) is 0. The van der Waals surface area contributed by atoms with Crippen LogP contribution in [0.15, 0.2) is 6.07 Å². The van der Waals surface area contributed by atoms with Gasteiger partial charge >= 0.3 is 5.97 Å². The lowest BCUT2D eigenvalue weighted by Gasteiger charge is -2.35. The van der Waals surface area contributed by atoms with Crippen molar-refractivity contribution in [1.29, 1.82) is 0 Å². The maximum atomic E-state index is 10.9. The molecule has 1 fully saturated rings. The van der Waals surface area contributed by atoms with Gasteiger partial charge in [0.2, 0.25) is 5.95 Å². The van der Waals surface area contributed by atoms with Crippen molar-refractivity contribution in [3.8, 4) is 0 Å². The van der Waals surface area contributed by atoms with E-state index in [0.717, 1.165) is 43.3 Å².